The van der Waals surface area contributed by atoms with Crippen molar-refractivity contribution in [2.24, 2.45) is 9.98 Å². The standard InChI is InChI=1S/C54H38N2O/c1-54(2)48-20-9-8-19-45(48)52-38(14-11-21-49(52)54)32-56-53(55-3)37-23-26-44-47-30-36(24-27-50(47)57-51(44)31-37)34-13-10-12-33(28-34)35-22-25-43-41-17-5-4-15-39(41)40-16-6-7-18-42(40)46(43)29-35/h4-31H,3,32H2,1-2H3/b56-53-. The molecule has 9 aromatic carbocycles. The maximum atomic E-state index is 6.45. The minimum Gasteiger partial charge on any atom is -0.456 e. The van der Waals surface area contributed by atoms with Crippen LogP contribution in [-0.2, 0) is 12.0 Å². The van der Waals surface area contributed by atoms with Gasteiger partial charge >= 0.3 is 0 Å². The summed E-state index contributed by atoms with van der Waals surface area (Å²) in [5.41, 5.74) is 13.6. The maximum Gasteiger partial charge on any atom is 0.154 e. The van der Waals surface area contributed by atoms with Gasteiger partial charge in [0.15, 0.2) is 5.84 Å². The molecule has 0 spiro atoms. The van der Waals surface area contributed by atoms with Crippen molar-refractivity contribution in [3.05, 3.63) is 192 Å². The van der Waals surface area contributed by atoms with Crippen molar-refractivity contribution >= 4 is 66.8 Å². The Morgan fingerprint density at radius 3 is 1.81 bits per heavy atom. The Morgan fingerprint density at radius 2 is 1.07 bits per heavy atom. The van der Waals surface area contributed by atoms with E-state index >= 15 is 0 Å². The molecule has 0 bridgehead atoms. The Hall–Kier alpha value is -7.10. The van der Waals surface area contributed by atoms with Gasteiger partial charge in [-0.2, -0.15) is 0 Å². The Balaban J connectivity index is 0.927. The summed E-state index contributed by atoms with van der Waals surface area (Å²) in [6.07, 6.45) is 0. The highest BCUT2D eigenvalue weighted by Gasteiger charge is 2.36. The van der Waals surface area contributed by atoms with Crippen LogP contribution in [-0.4, -0.2) is 12.6 Å². The number of aliphatic imine (C=N–C) groups is 2. The van der Waals surface area contributed by atoms with Crippen LogP contribution in [0.5, 0.6) is 0 Å². The fourth-order valence-electron chi connectivity index (χ4n) is 9.42. The zero-order valence-corrected chi connectivity index (χ0v) is 31.9. The summed E-state index contributed by atoms with van der Waals surface area (Å²) in [5.74, 6) is 0.605. The van der Waals surface area contributed by atoms with E-state index in [1.807, 2.05) is 6.07 Å². The SMILES string of the molecule is C=N/C(=N\Cc1cccc2c1-c1ccccc1C2(C)C)c1ccc2c(c1)oc1ccc(-c3cccc(-c4ccc5c6ccccc6c6ccccc6c5c4)c3)cc12. The molecule has 0 fully saturated rings. The van der Waals surface area contributed by atoms with Gasteiger partial charge in [0, 0.05) is 21.8 Å². The lowest BCUT2D eigenvalue weighted by Gasteiger charge is -2.21. The average molecular weight is 731 g/mol. The van der Waals surface area contributed by atoms with Crippen LogP contribution in [0.1, 0.15) is 36.1 Å². The first kappa shape index (κ1) is 33.3. The number of nitrogens with zero attached hydrogens (tertiary/aromatic N) is 2. The lowest BCUT2D eigenvalue weighted by atomic mass is 9.82. The third kappa shape index (κ3) is 5.19. The fraction of sp³-hybridized carbons (Fsp3) is 0.0741. The highest BCUT2D eigenvalue weighted by atomic mass is 16.3. The lowest BCUT2D eigenvalue weighted by molar-refractivity contribution is 0.660. The van der Waals surface area contributed by atoms with Crippen molar-refractivity contribution < 1.29 is 4.42 Å². The van der Waals surface area contributed by atoms with Crippen LogP contribution >= 0.6 is 0 Å². The summed E-state index contributed by atoms with van der Waals surface area (Å²) in [7, 11) is 0. The van der Waals surface area contributed by atoms with Gasteiger partial charge in [-0.1, -0.05) is 147 Å². The van der Waals surface area contributed by atoms with Crippen molar-refractivity contribution in [2.45, 2.75) is 25.8 Å². The molecule has 0 saturated heterocycles. The van der Waals surface area contributed by atoms with E-state index in [1.165, 1.54) is 71.3 Å². The first-order chi connectivity index (χ1) is 28.0. The zero-order chi connectivity index (χ0) is 38.3. The summed E-state index contributed by atoms with van der Waals surface area (Å²) < 4.78 is 6.45. The van der Waals surface area contributed by atoms with Gasteiger partial charge in [0.05, 0.1) is 6.54 Å². The van der Waals surface area contributed by atoms with Crippen LogP contribution in [0.3, 0.4) is 0 Å². The molecular formula is C54H38N2O. The number of furan rings is 1. The monoisotopic (exact) mass is 730 g/mol. The molecule has 1 aliphatic rings. The van der Waals surface area contributed by atoms with Crippen molar-refractivity contribution in [2.75, 3.05) is 0 Å². The Labute approximate surface area is 331 Å². The van der Waals surface area contributed by atoms with Gasteiger partial charge in [-0.25, -0.2) is 4.99 Å². The number of hydrogen-bond acceptors (Lipinski definition) is 2. The molecule has 57 heavy (non-hydrogen) atoms. The van der Waals surface area contributed by atoms with E-state index < -0.39 is 0 Å². The molecule has 1 aliphatic carbocycles. The highest BCUT2D eigenvalue weighted by Crippen LogP contribution is 2.50. The molecule has 0 radical (unpaired) electrons. The third-order valence-corrected chi connectivity index (χ3v) is 12.2. The molecule has 1 aromatic heterocycles. The first-order valence-electron chi connectivity index (χ1n) is 19.6. The molecule has 0 atom stereocenters. The number of benzene rings is 9. The Kier molecular flexibility index (Phi) is 7.42. The van der Waals surface area contributed by atoms with E-state index in [0.717, 1.165) is 38.6 Å². The normalized spacial score (nSPS) is 13.5. The first-order valence-corrected chi connectivity index (χ1v) is 19.6. The molecule has 0 aliphatic heterocycles. The molecule has 0 amide bonds. The third-order valence-electron chi connectivity index (χ3n) is 12.2. The van der Waals surface area contributed by atoms with E-state index in [1.54, 1.807) is 0 Å². The van der Waals surface area contributed by atoms with E-state index in [9.17, 15) is 0 Å². The fourth-order valence-corrected chi connectivity index (χ4v) is 9.42. The lowest BCUT2D eigenvalue weighted by Crippen LogP contribution is -2.14. The predicted octanol–water partition coefficient (Wildman–Crippen LogP) is 14.3. The molecule has 3 heteroatoms. The van der Waals surface area contributed by atoms with E-state index in [0.29, 0.717) is 12.4 Å². The number of rotatable bonds is 5. The predicted molar refractivity (Wildman–Crippen MR) is 241 cm³/mol. The summed E-state index contributed by atoms with van der Waals surface area (Å²) in [6.45, 7) is 9.02. The highest BCUT2D eigenvalue weighted by molar-refractivity contribution is 6.25. The molecule has 11 rings (SSSR count). The second-order valence-electron chi connectivity index (χ2n) is 15.8. The van der Waals surface area contributed by atoms with E-state index in [2.05, 4.69) is 189 Å². The minimum atomic E-state index is -0.0524. The molecule has 0 N–H and O–H groups in total. The van der Waals surface area contributed by atoms with Crippen molar-refractivity contribution in [3.8, 4) is 33.4 Å². The quantitative estimate of drug-likeness (QED) is 0.0987. The zero-order valence-electron chi connectivity index (χ0n) is 31.9. The van der Waals surface area contributed by atoms with Gasteiger partial charge in [-0.3, -0.25) is 4.99 Å². The number of hydrogen-bond donors (Lipinski definition) is 0. The molecule has 0 saturated carbocycles. The summed E-state index contributed by atoms with van der Waals surface area (Å²) >= 11 is 0. The molecular weight excluding hydrogens is 693 g/mol. The maximum absolute atomic E-state index is 6.45. The van der Waals surface area contributed by atoms with Crippen molar-refractivity contribution in [1.29, 1.82) is 0 Å². The van der Waals surface area contributed by atoms with Crippen LogP contribution in [0.25, 0.3) is 87.6 Å². The molecule has 270 valence electrons. The topological polar surface area (TPSA) is 37.9 Å². The molecule has 0 unspecified atom stereocenters. The average Bonchev–Trinajstić information content (AvgIpc) is 3.75. The van der Waals surface area contributed by atoms with Gasteiger partial charge in [0.25, 0.3) is 0 Å². The van der Waals surface area contributed by atoms with Gasteiger partial charge < -0.3 is 4.42 Å². The van der Waals surface area contributed by atoms with E-state index in [-0.39, 0.29) is 5.41 Å². The summed E-state index contributed by atoms with van der Waals surface area (Å²) in [5, 5.41) is 9.84. The van der Waals surface area contributed by atoms with Crippen molar-refractivity contribution in [3.63, 3.8) is 0 Å². The molecule has 3 nitrogen and oxygen atoms in total. The second kappa shape index (κ2) is 12.7. The Bertz CT molecular complexity index is 3290. The van der Waals surface area contributed by atoms with Crippen LogP contribution in [0, 0.1) is 0 Å². The smallest absolute Gasteiger partial charge is 0.154 e. The molecule has 1 heterocycles. The van der Waals surface area contributed by atoms with Gasteiger partial charge in [0.1, 0.15) is 11.2 Å². The van der Waals surface area contributed by atoms with Crippen LogP contribution in [0.15, 0.2) is 184 Å². The van der Waals surface area contributed by atoms with Gasteiger partial charge in [0.2, 0.25) is 0 Å². The van der Waals surface area contributed by atoms with Crippen LogP contribution < -0.4 is 0 Å². The second-order valence-corrected chi connectivity index (χ2v) is 15.8. The van der Waals surface area contributed by atoms with Gasteiger partial charge in [-0.15, -0.1) is 0 Å². The Morgan fingerprint density at radius 1 is 0.491 bits per heavy atom. The van der Waals surface area contributed by atoms with Crippen molar-refractivity contribution in [1.82, 2.24) is 0 Å². The summed E-state index contributed by atoms with van der Waals surface area (Å²) in [6, 6.07) is 61.3. The van der Waals surface area contributed by atoms with Crippen LogP contribution in [0.4, 0.5) is 0 Å². The summed E-state index contributed by atoms with van der Waals surface area (Å²) in [4.78, 5) is 9.41. The molecule has 10 aromatic rings. The van der Waals surface area contributed by atoms with E-state index in [4.69, 9.17) is 9.41 Å². The number of fused-ring (bicyclic) bond motifs is 12. The van der Waals surface area contributed by atoms with Crippen LogP contribution in [0.2, 0.25) is 0 Å². The largest absolute Gasteiger partial charge is 0.456 e. The van der Waals surface area contributed by atoms with Gasteiger partial charge in [-0.05, 0) is 126 Å². The number of amidine groups is 1. The minimum absolute atomic E-state index is 0.0524.